The SMILES string of the molecule is CCC(=O)O[C@H]1[C@H](Br)CC2C3C(CC[C@@]21C)[C@@]1(C)CC[C@H](OC)CC1=C[C@@H]3O. The van der Waals surface area contributed by atoms with Crippen molar-refractivity contribution in [1.82, 2.24) is 0 Å². The van der Waals surface area contributed by atoms with E-state index in [0.29, 0.717) is 18.3 Å². The molecule has 0 heterocycles. The minimum absolute atomic E-state index is 0.0629. The molecule has 3 saturated carbocycles. The monoisotopic (exact) mass is 454 g/mol. The summed E-state index contributed by atoms with van der Waals surface area (Å²) in [5.41, 5.74) is 1.51. The van der Waals surface area contributed by atoms with Crippen LogP contribution in [0.2, 0.25) is 0 Å². The van der Waals surface area contributed by atoms with Crippen molar-refractivity contribution in [2.24, 2.45) is 28.6 Å². The highest BCUT2D eigenvalue weighted by molar-refractivity contribution is 9.09. The van der Waals surface area contributed by atoms with E-state index < -0.39 is 6.10 Å². The largest absolute Gasteiger partial charge is 0.461 e. The standard InChI is InChI=1S/C23H35BrO4/c1-5-19(26)28-21-17(24)12-16-20-15(7-9-23(16,21)3)22(2)8-6-14(27-4)10-13(22)11-18(20)25/h11,14-18,20-21,25H,5-10,12H2,1-4H3/t14-,15?,16?,17+,18-,20?,21-,22-,23-/m0/s1. The first kappa shape index (κ1) is 20.9. The zero-order chi connectivity index (χ0) is 20.3. The van der Waals surface area contributed by atoms with Gasteiger partial charge in [0.1, 0.15) is 6.10 Å². The molecule has 0 aromatic rings. The number of fused-ring (bicyclic) bond motifs is 5. The fraction of sp³-hybridized carbons (Fsp3) is 0.870. The molecule has 9 atom stereocenters. The zero-order valence-corrected chi connectivity index (χ0v) is 19.2. The van der Waals surface area contributed by atoms with Crippen molar-refractivity contribution in [3.8, 4) is 0 Å². The maximum Gasteiger partial charge on any atom is 0.305 e. The third-order valence-electron chi connectivity index (χ3n) is 8.86. The van der Waals surface area contributed by atoms with E-state index >= 15 is 0 Å². The highest BCUT2D eigenvalue weighted by Crippen LogP contribution is 2.66. The van der Waals surface area contributed by atoms with Crippen LogP contribution in [-0.4, -0.2) is 41.3 Å². The molecule has 4 nitrogen and oxygen atoms in total. The van der Waals surface area contributed by atoms with Crippen LogP contribution in [0.1, 0.15) is 65.7 Å². The molecule has 0 radical (unpaired) electrons. The number of aliphatic hydroxyl groups is 1. The van der Waals surface area contributed by atoms with E-state index in [1.165, 1.54) is 5.57 Å². The second-order valence-electron chi connectivity index (χ2n) is 10.1. The molecule has 5 heteroatoms. The van der Waals surface area contributed by atoms with E-state index in [0.717, 1.165) is 38.5 Å². The van der Waals surface area contributed by atoms with Crippen LogP contribution >= 0.6 is 15.9 Å². The fourth-order valence-electron chi connectivity index (χ4n) is 7.18. The highest BCUT2D eigenvalue weighted by Gasteiger charge is 2.63. The number of aliphatic hydroxyl groups excluding tert-OH is 1. The number of alkyl halides is 1. The van der Waals surface area contributed by atoms with Crippen LogP contribution in [0.4, 0.5) is 0 Å². The molecule has 0 aliphatic heterocycles. The molecule has 0 amide bonds. The van der Waals surface area contributed by atoms with Gasteiger partial charge in [-0.3, -0.25) is 4.79 Å². The molecular weight excluding hydrogens is 420 g/mol. The summed E-state index contributed by atoms with van der Waals surface area (Å²) in [6, 6.07) is 0. The summed E-state index contributed by atoms with van der Waals surface area (Å²) in [5.74, 6) is 1.00. The number of ether oxygens (including phenoxy) is 2. The summed E-state index contributed by atoms with van der Waals surface area (Å²) >= 11 is 3.83. The van der Waals surface area contributed by atoms with Gasteiger partial charge in [0.05, 0.1) is 17.0 Å². The quantitative estimate of drug-likeness (QED) is 0.383. The second-order valence-corrected chi connectivity index (χ2v) is 11.2. The predicted molar refractivity (Wildman–Crippen MR) is 112 cm³/mol. The number of carbonyl (C=O) groups excluding carboxylic acids is 1. The normalized spacial score (nSPS) is 50.2. The lowest BCUT2D eigenvalue weighted by Gasteiger charge is -2.58. The number of hydrogen-bond acceptors (Lipinski definition) is 4. The van der Waals surface area contributed by atoms with Gasteiger partial charge in [-0.1, -0.05) is 48.4 Å². The molecule has 1 N–H and O–H groups in total. The van der Waals surface area contributed by atoms with E-state index in [4.69, 9.17) is 9.47 Å². The Kier molecular flexibility index (Phi) is 5.50. The highest BCUT2D eigenvalue weighted by atomic mass is 79.9. The Morgan fingerprint density at radius 2 is 2.04 bits per heavy atom. The number of rotatable bonds is 3. The number of carbonyl (C=O) groups is 1. The third-order valence-corrected chi connectivity index (χ3v) is 9.71. The number of esters is 1. The zero-order valence-electron chi connectivity index (χ0n) is 17.6. The van der Waals surface area contributed by atoms with Crippen molar-refractivity contribution in [3.63, 3.8) is 0 Å². The molecule has 3 fully saturated rings. The van der Waals surface area contributed by atoms with Gasteiger partial charge >= 0.3 is 5.97 Å². The van der Waals surface area contributed by atoms with Crippen molar-refractivity contribution in [2.75, 3.05) is 7.11 Å². The molecular formula is C23H35BrO4. The summed E-state index contributed by atoms with van der Waals surface area (Å²) < 4.78 is 11.6. The van der Waals surface area contributed by atoms with Gasteiger partial charge in [-0.15, -0.1) is 0 Å². The van der Waals surface area contributed by atoms with E-state index in [1.54, 1.807) is 7.11 Å². The predicted octanol–water partition coefficient (Wildman–Crippen LogP) is 4.63. The minimum Gasteiger partial charge on any atom is -0.461 e. The first-order chi connectivity index (χ1) is 13.2. The molecule has 0 spiro atoms. The molecule has 4 aliphatic rings. The van der Waals surface area contributed by atoms with Crippen molar-refractivity contribution >= 4 is 21.9 Å². The summed E-state index contributed by atoms with van der Waals surface area (Å²) in [6.45, 7) is 6.57. The van der Waals surface area contributed by atoms with Crippen molar-refractivity contribution in [2.45, 2.75) is 88.9 Å². The summed E-state index contributed by atoms with van der Waals surface area (Å²) in [7, 11) is 1.80. The van der Waals surface area contributed by atoms with Gasteiger partial charge in [0, 0.05) is 18.9 Å². The summed E-state index contributed by atoms with van der Waals surface area (Å²) in [4.78, 5) is 12.2. The lowest BCUT2D eigenvalue weighted by atomic mass is 9.47. The molecule has 0 aromatic carbocycles. The van der Waals surface area contributed by atoms with Gasteiger partial charge in [-0.05, 0) is 61.7 Å². The lowest BCUT2D eigenvalue weighted by molar-refractivity contribution is -0.161. The minimum atomic E-state index is -0.409. The molecule has 3 unspecified atom stereocenters. The molecule has 28 heavy (non-hydrogen) atoms. The third kappa shape index (κ3) is 3.02. The van der Waals surface area contributed by atoms with E-state index in [-0.39, 0.29) is 39.8 Å². The topological polar surface area (TPSA) is 55.8 Å². The van der Waals surface area contributed by atoms with Gasteiger partial charge in [0.25, 0.3) is 0 Å². The Morgan fingerprint density at radius 1 is 1.29 bits per heavy atom. The fourth-order valence-corrected chi connectivity index (χ4v) is 8.29. The van der Waals surface area contributed by atoms with E-state index in [9.17, 15) is 9.90 Å². The molecule has 0 saturated heterocycles. The lowest BCUT2D eigenvalue weighted by Crippen LogP contribution is -2.55. The van der Waals surface area contributed by atoms with Gasteiger partial charge in [0.15, 0.2) is 0 Å². The first-order valence-electron chi connectivity index (χ1n) is 11.0. The smallest absolute Gasteiger partial charge is 0.305 e. The van der Waals surface area contributed by atoms with Gasteiger partial charge in [-0.2, -0.15) is 0 Å². The Labute approximate surface area is 177 Å². The molecule has 0 bridgehead atoms. The van der Waals surface area contributed by atoms with Crippen molar-refractivity contribution in [1.29, 1.82) is 0 Å². The Bertz CT molecular complexity index is 663. The van der Waals surface area contributed by atoms with Crippen LogP contribution in [-0.2, 0) is 14.3 Å². The Hall–Kier alpha value is -0.390. The van der Waals surface area contributed by atoms with E-state index in [2.05, 4.69) is 35.9 Å². The van der Waals surface area contributed by atoms with Crippen LogP contribution in [0.5, 0.6) is 0 Å². The van der Waals surface area contributed by atoms with Crippen LogP contribution in [0.25, 0.3) is 0 Å². The maximum absolute atomic E-state index is 12.1. The first-order valence-corrected chi connectivity index (χ1v) is 11.9. The number of hydrogen-bond donors (Lipinski definition) is 1. The van der Waals surface area contributed by atoms with Gasteiger partial charge in [0.2, 0.25) is 0 Å². The molecule has 4 aliphatic carbocycles. The molecule has 4 rings (SSSR count). The van der Waals surface area contributed by atoms with E-state index in [1.807, 2.05) is 6.92 Å². The molecule has 158 valence electrons. The van der Waals surface area contributed by atoms with Crippen molar-refractivity contribution < 1.29 is 19.4 Å². The van der Waals surface area contributed by atoms with Crippen molar-refractivity contribution in [3.05, 3.63) is 11.6 Å². The van der Waals surface area contributed by atoms with Crippen LogP contribution in [0, 0.1) is 28.6 Å². The Balaban J connectivity index is 1.65. The van der Waals surface area contributed by atoms with Crippen LogP contribution in [0.15, 0.2) is 11.6 Å². The van der Waals surface area contributed by atoms with Crippen LogP contribution < -0.4 is 0 Å². The van der Waals surface area contributed by atoms with Gasteiger partial charge in [-0.25, -0.2) is 0 Å². The number of methoxy groups -OCH3 is 1. The Morgan fingerprint density at radius 3 is 2.71 bits per heavy atom. The molecule has 0 aromatic heterocycles. The maximum atomic E-state index is 12.1. The number of halogens is 1. The summed E-state index contributed by atoms with van der Waals surface area (Å²) in [5, 5.41) is 11.2. The van der Waals surface area contributed by atoms with Gasteiger partial charge < -0.3 is 14.6 Å². The van der Waals surface area contributed by atoms with Crippen LogP contribution in [0.3, 0.4) is 0 Å². The average Bonchev–Trinajstić information content (AvgIpc) is 2.92. The average molecular weight is 455 g/mol. The second kappa shape index (κ2) is 7.39. The summed E-state index contributed by atoms with van der Waals surface area (Å²) in [6.07, 6.45) is 8.67.